The summed E-state index contributed by atoms with van der Waals surface area (Å²) in [6.45, 7) is 2.05. The Hall–Kier alpha value is -1.16. The summed E-state index contributed by atoms with van der Waals surface area (Å²) in [4.78, 5) is 11.7. The van der Waals surface area contributed by atoms with Crippen LogP contribution in [0.5, 0.6) is 0 Å². The van der Waals surface area contributed by atoms with Crippen LogP contribution in [0.25, 0.3) is 0 Å². The van der Waals surface area contributed by atoms with E-state index in [0.29, 0.717) is 11.5 Å². The molecule has 0 aliphatic rings. The minimum absolute atomic E-state index is 0.0716. The van der Waals surface area contributed by atoms with Crippen LogP contribution in [-0.4, -0.2) is 22.5 Å². The molecule has 0 aliphatic carbocycles. The normalized spacial score (nSPS) is 12.1. The highest BCUT2D eigenvalue weighted by Gasteiger charge is 2.09. The summed E-state index contributed by atoms with van der Waals surface area (Å²) in [6, 6.07) is 8.88. The third kappa shape index (κ3) is 3.30. The Bertz CT molecular complexity index is 321. The number of hydrogen-bond acceptors (Lipinski definition) is 3. The van der Waals surface area contributed by atoms with Crippen LogP contribution in [0.1, 0.15) is 6.92 Å². The highest BCUT2D eigenvalue weighted by Crippen LogP contribution is 2.05. The summed E-state index contributed by atoms with van der Waals surface area (Å²) >= 11 is 0. The van der Waals surface area contributed by atoms with Crippen LogP contribution in [0.15, 0.2) is 35.2 Å². The second-order valence-corrected chi connectivity index (χ2v) is 4.06. The van der Waals surface area contributed by atoms with Gasteiger partial charge in [0.25, 0.3) is 0 Å². The van der Waals surface area contributed by atoms with Crippen molar-refractivity contribution in [1.29, 1.82) is 0 Å². The summed E-state index contributed by atoms with van der Waals surface area (Å²) in [7, 11) is -1.29. The van der Waals surface area contributed by atoms with Gasteiger partial charge in [0, 0.05) is 4.90 Å². The van der Waals surface area contributed by atoms with E-state index in [1.54, 1.807) is 31.2 Å². The van der Waals surface area contributed by atoms with E-state index in [4.69, 9.17) is 4.74 Å². The standard InChI is InChI=1S/C10H12O3S/c1-2-13-10(11)8-14(12)9-6-4-3-5-7-9/h3-7H,2,8H2,1H3/i8+1,10+1. The van der Waals surface area contributed by atoms with Crippen molar-refractivity contribution in [2.75, 3.05) is 12.4 Å². The van der Waals surface area contributed by atoms with Crippen molar-refractivity contribution in [3.05, 3.63) is 30.3 Å². The Kier molecular flexibility index (Phi) is 4.32. The first-order chi connectivity index (χ1) is 6.74. The van der Waals surface area contributed by atoms with E-state index in [0.717, 1.165) is 0 Å². The molecule has 0 fully saturated rings. The number of carbonyl (C=O) groups is 1. The lowest BCUT2D eigenvalue weighted by molar-refractivity contribution is -0.139. The second kappa shape index (κ2) is 5.54. The lowest BCUT2D eigenvalue weighted by Gasteiger charge is -2.01. The molecule has 1 unspecified atom stereocenters. The molecule has 14 heavy (non-hydrogen) atoms. The zero-order chi connectivity index (χ0) is 10.4. The van der Waals surface area contributed by atoms with Crippen LogP contribution in [0.4, 0.5) is 0 Å². The molecule has 1 aromatic carbocycles. The fourth-order valence-corrected chi connectivity index (χ4v) is 1.89. The van der Waals surface area contributed by atoms with E-state index >= 15 is 0 Å². The van der Waals surface area contributed by atoms with Crippen molar-refractivity contribution in [1.82, 2.24) is 0 Å². The van der Waals surface area contributed by atoms with Crippen molar-refractivity contribution >= 4 is 16.8 Å². The van der Waals surface area contributed by atoms with E-state index in [2.05, 4.69) is 0 Å². The van der Waals surface area contributed by atoms with Crippen LogP contribution in [-0.2, 0) is 20.3 Å². The van der Waals surface area contributed by atoms with Crippen LogP contribution >= 0.6 is 0 Å². The lowest BCUT2D eigenvalue weighted by Crippen LogP contribution is -2.13. The smallest absolute Gasteiger partial charge is 0.318 e. The van der Waals surface area contributed by atoms with Crippen LogP contribution < -0.4 is 0 Å². The maximum Gasteiger partial charge on any atom is 0.318 e. The summed E-state index contributed by atoms with van der Waals surface area (Å²) in [6.07, 6.45) is 0. The van der Waals surface area contributed by atoms with Crippen molar-refractivity contribution in [3.63, 3.8) is 0 Å². The van der Waals surface area contributed by atoms with E-state index in [9.17, 15) is 9.00 Å². The molecule has 1 aromatic rings. The third-order valence-electron chi connectivity index (χ3n) is 1.56. The molecule has 3 nitrogen and oxygen atoms in total. The second-order valence-electron chi connectivity index (χ2n) is 2.61. The third-order valence-corrected chi connectivity index (χ3v) is 2.86. The van der Waals surface area contributed by atoms with Gasteiger partial charge in [0.1, 0.15) is 5.75 Å². The van der Waals surface area contributed by atoms with Gasteiger partial charge in [0.05, 0.1) is 17.4 Å². The lowest BCUT2D eigenvalue weighted by atomic mass is 10.4. The summed E-state index contributed by atoms with van der Waals surface area (Å²) in [5.41, 5.74) is 0. The molecule has 4 heteroatoms. The Morgan fingerprint density at radius 2 is 2.00 bits per heavy atom. The van der Waals surface area contributed by atoms with Crippen molar-refractivity contribution in [2.24, 2.45) is 0 Å². The Morgan fingerprint density at radius 3 is 2.57 bits per heavy atom. The number of esters is 1. The van der Waals surface area contributed by atoms with Gasteiger partial charge in [-0.05, 0) is 19.1 Å². The van der Waals surface area contributed by atoms with Gasteiger partial charge in [-0.1, -0.05) is 18.2 Å². The quantitative estimate of drug-likeness (QED) is 0.561. The van der Waals surface area contributed by atoms with Gasteiger partial charge in [-0.15, -0.1) is 0 Å². The molecule has 0 N–H and O–H groups in total. The van der Waals surface area contributed by atoms with Gasteiger partial charge < -0.3 is 4.74 Å². The maximum absolute atomic E-state index is 11.5. The largest absolute Gasteiger partial charge is 0.465 e. The SMILES string of the molecule is CCO[13C](=O)[13CH2]S(=O)c1ccccc1. The van der Waals surface area contributed by atoms with Crippen molar-refractivity contribution < 1.29 is 13.7 Å². The van der Waals surface area contributed by atoms with E-state index < -0.39 is 16.8 Å². The molecule has 0 saturated carbocycles. The first kappa shape index (κ1) is 10.9. The molecular formula is C10H12O3S. The molecule has 0 aromatic heterocycles. The van der Waals surface area contributed by atoms with Crippen LogP contribution in [0.2, 0.25) is 0 Å². The number of ether oxygens (including phenoxy) is 1. The predicted octanol–water partition coefficient (Wildman–Crippen LogP) is 1.36. The van der Waals surface area contributed by atoms with E-state index in [1.165, 1.54) is 0 Å². The minimum Gasteiger partial charge on any atom is -0.465 e. The minimum atomic E-state index is -1.29. The summed E-state index contributed by atoms with van der Waals surface area (Å²) in [5, 5.41) is 0. The molecule has 0 bridgehead atoms. The summed E-state index contributed by atoms with van der Waals surface area (Å²) < 4.78 is 16.2. The Morgan fingerprint density at radius 1 is 1.36 bits per heavy atom. The number of carbonyl (C=O) groups excluding carboxylic acids is 1. The van der Waals surface area contributed by atoms with Gasteiger partial charge in [-0.25, -0.2) is 0 Å². The fraction of sp³-hybridized carbons (Fsp3) is 0.300. The average Bonchev–Trinajstić information content (AvgIpc) is 2.19. The molecule has 0 amide bonds. The average molecular weight is 214 g/mol. The van der Waals surface area contributed by atoms with Gasteiger partial charge in [0.2, 0.25) is 0 Å². The molecule has 0 spiro atoms. The van der Waals surface area contributed by atoms with Gasteiger partial charge in [0.15, 0.2) is 0 Å². The number of rotatable bonds is 4. The fourth-order valence-electron chi connectivity index (χ4n) is 0.965. The van der Waals surface area contributed by atoms with Crippen molar-refractivity contribution in [2.45, 2.75) is 11.8 Å². The van der Waals surface area contributed by atoms with E-state index in [1.807, 2.05) is 6.07 Å². The molecule has 0 aliphatic heterocycles. The monoisotopic (exact) mass is 214 g/mol. The molecule has 76 valence electrons. The first-order valence-corrected chi connectivity index (χ1v) is 5.65. The number of benzene rings is 1. The molecule has 1 atom stereocenters. The zero-order valence-electron chi connectivity index (χ0n) is 7.93. The topological polar surface area (TPSA) is 43.4 Å². The molecule has 0 saturated heterocycles. The highest BCUT2D eigenvalue weighted by molar-refractivity contribution is 7.85. The highest BCUT2D eigenvalue weighted by atomic mass is 32.2. The number of hydrogen-bond donors (Lipinski definition) is 0. The van der Waals surface area contributed by atoms with Crippen LogP contribution in [0, 0.1) is 0 Å². The Labute approximate surface area is 85.5 Å². The molecular weight excluding hydrogens is 202 g/mol. The maximum atomic E-state index is 11.5. The molecule has 0 radical (unpaired) electrons. The van der Waals surface area contributed by atoms with E-state index in [-0.39, 0.29) is 5.75 Å². The molecule has 0 heterocycles. The summed E-state index contributed by atoms with van der Waals surface area (Å²) in [5.74, 6) is -0.493. The molecule has 1 rings (SSSR count). The van der Waals surface area contributed by atoms with Gasteiger partial charge in [-0.2, -0.15) is 0 Å². The van der Waals surface area contributed by atoms with Gasteiger partial charge >= 0.3 is 5.97 Å². The van der Waals surface area contributed by atoms with Crippen LogP contribution in [0.3, 0.4) is 0 Å². The zero-order valence-corrected chi connectivity index (χ0v) is 8.75. The van der Waals surface area contributed by atoms with Gasteiger partial charge in [-0.3, -0.25) is 9.00 Å². The van der Waals surface area contributed by atoms with Crippen molar-refractivity contribution in [3.8, 4) is 0 Å². The Balaban J connectivity index is 2.55. The predicted molar refractivity (Wildman–Crippen MR) is 54.4 cm³/mol. The first-order valence-electron chi connectivity index (χ1n) is 4.33.